The SMILES string of the molecule is O=P1(c2ccccc2)C(c2ccccc2)=CC(=C2C=C(c3ccccc3)P(=O)(c3ccccc3)C(c3ccccc3)=C2)C=C1c1ccccc1. The minimum Gasteiger partial charge on any atom is -0.309 e. The van der Waals surface area contributed by atoms with Gasteiger partial charge in [-0.25, -0.2) is 0 Å². The molecule has 2 aliphatic heterocycles. The highest BCUT2D eigenvalue weighted by Crippen LogP contribution is 2.71. The normalized spacial score (nSPS) is 20.3. The Morgan fingerprint density at radius 1 is 0.260 bits per heavy atom. The molecule has 6 aromatic carbocycles. The third-order valence-electron chi connectivity index (χ3n) is 9.38. The van der Waals surface area contributed by atoms with E-state index in [1.807, 2.05) is 182 Å². The summed E-state index contributed by atoms with van der Waals surface area (Å²) < 4.78 is 31.9. The number of rotatable bonds is 6. The first-order chi connectivity index (χ1) is 24.6. The van der Waals surface area contributed by atoms with Gasteiger partial charge in [0.1, 0.15) is 0 Å². The van der Waals surface area contributed by atoms with Gasteiger partial charge in [-0.05, 0) is 57.7 Å². The lowest BCUT2D eigenvalue weighted by Crippen LogP contribution is -2.12. The third-order valence-corrected chi connectivity index (χ3v) is 15.7. The van der Waals surface area contributed by atoms with E-state index in [4.69, 9.17) is 0 Å². The van der Waals surface area contributed by atoms with Crippen molar-refractivity contribution in [1.29, 1.82) is 0 Å². The smallest absolute Gasteiger partial charge is 0.172 e. The van der Waals surface area contributed by atoms with E-state index < -0.39 is 14.3 Å². The number of benzene rings is 6. The van der Waals surface area contributed by atoms with Gasteiger partial charge >= 0.3 is 0 Å². The quantitative estimate of drug-likeness (QED) is 0.164. The fourth-order valence-electron chi connectivity index (χ4n) is 6.96. The number of allylic oxidation sites excluding steroid dienone is 6. The van der Waals surface area contributed by atoms with E-state index in [0.717, 1.165) is 65.3 Å². The van der Waals surface area contributed by atoms with Gasteiger partial charge in [0.15, 0.2) is 14.3 Å². The molecule has 2 heterocycles. The van der Waals surface area contributed by atoms with Crippen LogP contribution in [0, 0.1) is 0 Å². The molecule has 6 aromatic rings. The predicted octanol–water partition coefficient (Wildman–Crippen LogP) is 11.9. The van der Waals surface area contributed by atoms with Gasteiger partial charge in [-0.15, -0.1) is 0 Å². The van der Waals surface area contributed by atoms with Crippen molar-refractivity contribution in [1.82, 2.24) is 0 Å². The summed E-state index contributed by atoms with van der Waals surface area (Å²) in [5, 5.41) is 4.66. The molecule has 4 heteroatoms. The predicted molar refractivity (Wildman–Crippen MR) is 212 cm³/mol. The second kappa shape index (κ2) is 13.4. The molecule has 0 saturated carbocycles. The zero-order chi connectivity index (χ0) is 34.0. The monoisotopic (exact) mass is 680 g/mol. The first kappa shape index (κ1) is 31.7. The zero-order valence-electron chi connectivity index (χ0n) is 27.3. The lowest BCUT2D eigenvalue weighted by Gasteiger charge is -2.32. The van der Waals surface area contributed by atoms with Crippen LogP contribution in [0.2, 0.25) is 0 Å². The average Bonchev–Trinajstić information content (AvgIpc) is 3.20. The van der Waals surface area contributed by atoms with E-state index in [-0.39, 0.29) is 0 Å². The van der Waals surface area contributed by atoms with Gasteiger partial charge in [0.25, 0.3) is 0 Å². The topological polar surface area (TPSA) is 34.1 Å². The van der Waals surface area contributed by atoms with Gasteiger partial charge in [-0.1, -0.05) is 182 Å². The molecule has 0 fully saturated rings. The molecule has 0 aliphatic carbocycles. The Morgan fingerprint density at radius 2 is 0.460 bits per heavy atom. The van der Waals surface area contributed by atoms with Crippen molar-refractivity contribution in [2.24, 2.45) is 0 Å². The fourth-order valence-corrected chi connectivity index (χ4v) is 13.1. The van der Waals surface area contributed by atoms with Gasteiger partial charge in [0, 0.05) is 31.9 Å². The Kier molecular flexibility index (Phi) is 8.51. The highest BCUT2D eigenvalue weighted by atomic mass is 31.2. The molecule has 240 valence electrons. The summed E-state index contributed by atoms with van der Waals surface area (Å²) in [7, 11) is -6.69. The molecule has 0 N–H and O–H groups in total. The van der Waals surface area contributed by atoms with Gasteiger partial charge in [-0.3, -0.25) is 0 Å². The van der Waals surface area contributed by atoms with Crippen LogP contribution in [0.3, 0.4) is 0 Å². The van der Waals surface area contributed by atoms with E-state index in [0.29, 0.717) is 0 Å². The van der Waals surface area contributed by atoms with Crippen LogP contribution in [0.5, 0.6) is 0 Å². The van der Waals surface area contributed by atoms with E-state index in [1.165, 1.54) is 0 Å². The Hall–Kier alpha value is -5.52. The molecule has 2 nitrogen and oxygen atoms in total. The van der Waals surface area contributed by atoms with Crippen LogP contribution in [-0.2, 0) is 9.13 Å². The summed E-state index contributed by atoms with van der Waals surface area (Å²) in [6.07, 6.45) is 8.40. The molecule has 0 amide bonds. The van der Waals surface area contributed by atoms with Crippen LogP contribution in [0.4, 0.5) is 0 Å². The van der Waals surface area contributed by atoms with Gasteiger partial charge in [0.2, 0.25) is 0 Å². The molecular weight excluding hydrogens is 646 g/mol. The van der Waals surface area contributed by atoms with E-state index in [2.05, 4.69) is 24.3 Å². The van der Waals surface area contributed by atoms with Crippen molar-refractivity contribution in [3.8, 4) is 0 Å². The minimum atomic E-state index is -3.35. The third kappa shape index (κ3) is 5.58. The van der Waals surface area contributed by atoms with Crippen LogP contribution in [-0.4, -0.2) is 0 Å². The van der Waals surface area contributed by atoms with Crippen LogP contribution in [0.15, 0.2) is 217 Å². The molecule has 0 saturated heterocycles. The Bertz CT molecular complexity index is 2120. The number of hydrogen-bond acceptors (Lipinski definition) is 2. The van der Waals surface area contributed by atoms with Crippen LogP contribution < -0.4 is 10.6 Å². The first-order valence-electron chi connectivity index (χ1n) is 16.7. The van der Waals surface area contributed by atoms with Gasteiger partial charge in [0.05, 0.1) is 0 Å². The van der Waals surface area contributed by atoms with Crippen LogP contribution >= 0.6 is 14.3 Å². The molecule has 8 rings (SSSR count). The maximum absolute atomic E-state index is 16.0. The molecule has 0 atom stereocenters. The molecule has 2 aliphatic rings. The zero-order valence-corrected chi connectivity index (χ0v) is 29.1. The van der Waals surface area contributed by atoms with E-state index in [9.17, 15) is 0 Å². The summed E-state index contributed by atoms with van der Waals surface area (Å²) >= 11 is 0. The summed E-state index contributed by atoms with van der Waals surface area (Å²) in [4.78, 5) is 0. The van der Waals surface area contributed by atoms with Crippen LogP contribution in [0.25, 0.3) is 21.3 Å². The molecule has 0 unspecified atom stereocenters. The lowest BCUT2D eigenvalue weighted by atomic mass is 10.00. The maximum Gasteiger partial charge on any atom is 0.172 e. The average molecular weight is 681 g/mol. The molecule has 0 radical (unpaired) electrons. The number of hydrogen-bond donors (Lipinski definition) is 0. The highest BCUT2D eigenvalue weighted by Gasteiger charge is 2.41. The summed E-state index contributed by atoms with van der Waals surface area (Å²) in [6.45, 7) is 0. The molecule has 50 heavy (non-hydrogen) atoms. The summed E-state index contributed by atoms with van der Waals surface area (Å²) in [6, 6.07) is 59.9. The van der Waals surface area contributed by atoms with Crippen molar-refractivity contribution in [3.05, 3.63) is 240 Å². The Balaban J connectivity index is 1.49. The second-order valence-corrected chi connectivity index (χ2v) is 17.8. The van der Waals surface area contributed by atoms with E-state index in [1.54, 1.807) is 0 Å². The first-order valence-corrected chi connectivity index (χ1v) is 20.1. The lowest BCUT2D eigenvalue weighted by molar-refractivity contribution is 0.592. The largest absolute Gasteiger partial charge is 0.309 e. The Morgan fingerprint density at radius 3 is 0.680 bits per heavy atom. The minimum absolute atomic E-state index is 0.772. The van der Waals surface area contributed by atoms with Crippen LogP contribution in [0.1, 0.15) is 22.3 Å². The molecule has 0 aromatic heterocycles. The van der Waals surface area contributed by atoms with Crippen molar-refractivity contribution >= 4 is 46.1 Å². The van der Waals surface area contributed by atoms with Crippen molar-refractivity contribution < 1.29 is 9.13 Å². The van der Waals surface area contributed by atoms with Crippen molar-refractivity contribution in [2.45, 2.75) is 0 Å². The van der Waals surface area contributed by atoms with Gasteiger partial charge < -0.3 is 9.13 Å². The Labute approximate surface area is 293 Å². The molecular formula is C46H34O2P2. The summed E-state index contributed by atoms with van der Waals surface area (Å²) in [5.41, 5.74) is 5.45. The fraction of sp³-hybridized carbons (Fsp3) is 0. The van der Waals surface area contributed by atoms with Gasteiger partial charge in [-0.2, -0.15) is 0 Å². The van der Waals surface area contributed by atoms with Crippen molar-refractivity contribution in [3.63, 3.8) is 0 Å². The molecule has 0 bridgehead atoms. The maximum atomic E-state index is 16.0. The summed E-state index contributed by atoms with van der Waals surface area (Å²) in [5.74, 6) is 0. The van der Waals surface area contributed by atoms with E-state index >= 15 is 9.13 Å². The molecule has 0 spiro atoms. The second-order valence-electron chi connectivity index (χ2n) is 12.4. The highest BCUT2D eigenvalue weighted by molar-refractivity contribution is 7.90. The standard InChI is InChI=1S/C46H34O2P2/c47-49(41-27-15-5-16-28-41)43(35-19-7-1-8-20-35)31-39(32-44(49)36-21-9-2-10-22-36)40-33-45(37-23-11-3-12-24-37)50(48,42-29-17-6-18-30-42)46(34-40)38-25-13-4-14-26-38/h1-34H. The van der Waals surface area contributed by atoms with Crippen molar-refractivity contribution in [2.75, 3.05) is 0 Å².